The smallest absolute Gasteiger partial charge is 0.241 e. The minimum atomic E-state index is -3.63. The summed E-state index contributed by atoms with van der Waals surface area (Å²) in [4.78, 5) is 4.04. The fourth-order valence-electron chi connectivity index (χ4n) is 6.18. The van der Waals surface area contributed by atoms with Crippen molar-refractivity contribution in [3.63, 3.8) is 0 Å². The lowest BCUT2D eigenvalue weighted by Gasteiger charge is -2.23. The van der Waals surface area contributed by atoms with E-state index in [0.29, 0.717) is 29.2 Å². The second-order valence-electron chi connectivity index (χ2n) is 12.3. The number of rotatable bonds is 9. The number of hydrogen-bond acceptors (Lipinski definition) is 2. The average molecular weight is 509 g/mol. The van der Waals surface area contributed by atoms with Gasteiger partial charge in [-0.3, -0.25) is 0 Å². The molecule has 1 saturated carbocycles. The van der Waals surface area contributed by atoms with Gasteiger partial charge in [0.1, 0.15) is 0 Å². The standard InChI is InChI=1S/C31H44N2O2S/c1-18(2)22-16-24(19(3)4)30(25(17-22)20(5)6)36(34,35)32-15-14-26-29(31(26,8)9)28-21(7)33-27-13-11-10-12-23(27)28/h10-13,16-20,26,29,32-33H,14-15H2,1-9H3/t26-,29-/m0/s1. The molecule has 1 aromatic heterocycles. The molecule has 2 atom stereocenters. The molecule has 1 heterocycles. The third-order valence-electron chi connectivity index (χ3n) is 8.40. The van der Waals surface area contributed by atoms with Gasteiger partial charge in [0, 0.05) is 23.1 Å². The summed E-state index contributed by atoms with van der Waals surface area (Å²) >= 11 is 0. The summed E-state index contributed by atoms with van der Waals surface area (Å²) in [5.74, 6) is 1.48. The highest BCUT2D eigenvalue weighted by molar-refractivity contribution is 7.89. The molecular formula is C31H44N2O2S. The molecule has 3 aromatic rings. The van der Waals surface area contributed by atoms with E-state index in [-0.39, 0.29) is 17.3 Å². The third kappa shape index (κ3) is 4.77. The Kier molecular flexibility index (Phi) is 7.22. The van der Waals surface area contributed by atoms with Gasteiger partial charge in [0.25, 0.3) is 0 Å². The molecule has 0 amide bonds. The van der Waals surface area contributed by atoms with Gasteiger partial charge in [-0.1, -0.05) is 85.7 Å². The van der Waals surface area contributed by atoms with E-state index in [1.165, 1.54) is 27.7 Å². The molecule has 4 rings (SSSR count). The molecular weight excluding hydrogens is 464 g/mol. The largest absolute Gasteiger partial charge is 0.358 e. The first-order valence-electron chi connectivity index (χ1n) is 13.5. The van der Waals surface area contributed by atoms with Crippen molar-refractivity contribution in [2.75, 3.05) is 6.54 Å². The zero-order chi connectivity index (χ0) is 26.6. The van der Waals surface area contributed by atoms with Gasteiger partial charge in [0.05, 0.1) is 4.90 Å². The van der Waals surface area contributed by atoms with Crippen molar-refractivity contribution in [3.8, 4) is 0 Å². The van der Waals surface area contributed by atoms with Crippen LogP contribution in [0.5, 0.6) is 0 Å². The lowest BCUT2D eigenvalue weighted by atomic mass is 9.89. The fourth-order valence-corrected chi connectivity index (χ4v) is 7.92. The zero-order valence-electron chi connectivity index (χ0n) is 23.5. The summed E-state index contributed by atoms with van der Waals surface area (Å²) < 4.78 is 30.5. The Balaban J connectivity index is 1.58. The maximum atomic E-state index is 13.8. The molecule has 2 N–H and O–H groups in total. The quantitative estimate of drug-likeness (QED) is 0.308. The van der Waals surface area contributed by atoms with Crippen LogP contribution in [-0.2, 0) is 10.0 Å². The molecule has 2 aromatic carbocycles. The van der Waals surface area contributed by atoms with Crippen LogP contribution in [0, 0.1) is 18.3 Å². The Morgan fingerprint density at radius 1 is 0.944 bits per heavy atom. The number of nitrogens with one attached hydrogen (secondary N) is 2. The summed E-state index contributed by atoms with van der Waals surface area (Å²) in [7, 11) is -3.63. The monoisotopic (exact) mass is 508 g/mol. The number of aromatic amines is 1. The average Bonchev–Trinajstić information content (AvgIpc) is 3.15. The second kappa shape index (κ2) is 9.64. The summed E-state index contributed by atoms with van der Waals surface area (Å²) in [6, 6.07) is 12.7. The molecule has 0 saturated heterocycles. The van der Waals surface area contributed by atoms with Gasteiger partial charge in [0.15, 0.2) is 0 Å². The Morgan fingerprint density at radius 3 is 2.08 bits per heavy atom. The molecule has 4 nitrogen and oxygen atoms in total. The molecule has 0 spiro atoms. The van der Waals surface area contributed by atoms with Gasteiger partial charge in [0.2, 0.25) is 10.0 Å². The van der Waals surface area contributed by atoms with E-state index in [0.717, 1.165) is 17.5 Å². The number of sulfonamides is 1. The van der Waals surface area contributed by atoms with Gasteiger partial charge in [-0.25, -0.2) is 13.1 Å². The maximum absolute atomic E-state index is 13.8. The maximum Gasteiger partial charge on any atom is 0.241 e. The predicted molar refractivity (Wildman–Crippen MR) is 152 cm³/mol. The molecule has 0 unspecified atom stereocenters. The van der Waals surface area contributed by atoms with Gasteiger partial charge < -0.3 is 4.98 Å². The first-order chi connectivity index (χ1) is 16.8. The van der Waals surface area contributed by atoms with Crippen LogP contribution >= 0.6 is 0 Å². The van der Waals surface area contributed by atoms with Crippen LogP contribution in [0.3, 0.4) is 0 Å². The summed E-state index contributed by atoms with van der Waals surface area (Å²) in [6.07, 6.45) is 0.827. The Labute approximate surface area is 218 Å². The van der Waals surface area contributed by atoms with Crippen LogP contribution in [-0.4, -0.2) is 19.9 Å². The molecule has 1 aliphatic rings. The van der Waals surface area contributed by atoms with E-state index in [2.05, 4.69) is 108 Å². The van der Waals surface area contributed by atoms with Crippen LogP contribution in [0.4, 0.5) is 0 Å². The van der Waals surface area contributed by atoms with Crippen molar-refractivity contribution in [1.29, 1.82) is 0 Å². The van der Waals surface area contributed by atoms with Crippen molar-refractivity contribution >= 4 is 20.9 Å². The van der Waals surface area contributed by atoms with Crippen molar-refractivity contribution in [2.24, 2.45) is 11.3 Å². The fraction of sp³-hybridized carbons (Fsp3) is 0.548. The van der Waals surface area contributed by atoms with Crippen LogP contribution in [0.25, 0.3) is 10.9 Å². The molecule has 196 valence electrons. The van der Waals surface area contributed by atoms with Gasteiger partial charge in [-0.2, -0.15) is 0 Å². The third-order valence-corrected chi connectivity index (χ3v) is 9.99. The molecule has 0 bridgehead atoms. The number of fused-ring (bicyclic) bond motifs is 1. The highest BCUT2D eigenvalue weighted by Gasteiger charge is 2.58. The van der Waals surface area contributed by atoms with E-state index < -0.39 is 10.0 Å². The Morgan fingerprint density at radius 2 is 1.53 bits per heavy atom. The number of aryl methyl sites for hydroxylation is 1. The first kappa shape index (κ1) is 26.9. The normalized spacial score (nSPS) is 19.7. The van der Waals surface area contributed by atoms with Gasteiger partial charge in [-0.15, -0.1) is 0 Å². The molecule has 1 aliphatic carbocycles. The lowest BCUT2D eigenvalue weighted by Crippen LogP contribution is -2.28. The van der Waals surface area contributed by atoms with Crippen LogP contribution in [0.15, 0.2) is 41.3 Å². The topological polar surface area (TPSA) is 62.0 Å². The van der Waals surface area contributed by atoms with E-state index in [1.54, 1.807) is 0 Å². The molecule has 5 heteroatoms. The lowest BCUT2D eigenvalue weighted by molar-refractivity contribution is 0.521. The number of H-pyrrole nitrogens is 1. The summed E-state index contributed by atoms with van der Waals surface area (Å²) in [6.45, 7) is 19.9. The number of aromatic nitrogens is 1. The van der Waals surface area contributed by atoms with Crippen LogP contribution in [0.2, 0.25) is 0 Å². The number of hydrogen-bond donors (Lipinski definition) is 2. The first-order valence-corrected chi connectivity index (χ1v) is 15.0. The number of para-hydroxylation sites is 1. The minimum Gasteiger partial charge on any atom is -0.358 e. The predicted octanol–water partition coefficient (Wildman–Crippen LogP) is 7.95. The molecule has 1 fully saturated rings. The molecule has 36 heavy (non-hydrogen) atoms. The van der Waals surface area contributed by atoms with Gasteiger partial charge >= 0.3 is 0 Å². The van der Waals surface area contributed by atoms with E-state index >= 15 is 0 Å². The van der Waals surface area contributed by atoms with Crippen LogP contribution < -0.4 is 4.72 Å². The van der Waals surface area contributed by atoms with Crippen molar-refractivity contribution in [3.05, 3.63) is 64.3 Å². The minimum absolute atomic E-state index is 0.129. The Hall–Kier alpha value is -2.11. The summed E-state index contributed by atoms with van der Waals surface area (Å²) in [5.41, 5.74) is 7.01. The van der Waals surface area contributed by atoms with Crippen molar-refractivity contribution in [1.82, 2.24) is 9.71 Å². The number of benzene rings is 2. The molecule has 0 aliphatic heterocycles. The van der Waals surface area contributed by atoms with Crippen LogP contribution in [0.1, 0.15) is 113 Å². The SMILES string of the molecule is Cc1[nH]c2ccccc2c1[C@@H]1[C@H](CCNS(=O)(=O)c2c(C(C)C)cc(C(C)C)cc2C(C)C)C1(C)C. The van der Waals surface area contributed by atoms with Crippen molar-refractivity contribution in [2.45, 2.75) is 97.3 Å². The van der Waals surface area contributed by atoms with E-state index in [1.807, 2.05) is 0 Å². The van der Waals surface area contributed by atoms with E-state index in [4.69, 9.17) is 0 Å². The van der Waals surface area contributed by atoms with E-state index in [9.17, 15) is 8.42 Å². The highest BCUT2D eigenvalue weighted by Crippen LogP contribution is 2.67. The highest BCUT2D eigenvalue weighted by atomic mass is 32.2. The van der Waals surface area contributed by atoms with Crippen molar-refractivity contribution < 1.29 is 8.42 Å². The van der Waals surface area contributed by atoms with Gasteiger partial charge in [-0.05, 0) is 76.7 Å². The summed E-state index contributed by atoms with van der Waals surface area (Å²) in [5, 5.41) is 1.30. The second-order valence-corrected chi connectivity index (χ2v) is 14.0. The molecule has 0 radical (unpaired) electrons. The Bertz CT molecular complexity index is 1330. The zero-order valence-corrected chi connectivity index (χ0v) is 24.3.